The molecule has 2 saturated carbocycles. The SMILES string of the molecule is CC=CC1(OC2(C=CC)CCCCC2)CCCCC1. The van der Waals surface area contributed by atoms with E-state index in [0.29, 0.717) is 0 Å². The van der Waals surface area contributed by atoms with Gasteiger partial charge in [-0.2, -0.15) is 0 Å². The van der Waals surface area contributed by atoms with E-state index in [1.54, 1.807) is 0 Å². The van der Waals surface area contributed by atoms with E-state index in [0.717, 1.165) is 0 Å². The molecule has 1 nitrogen and oxygen atoms in total. The Labute approximate surface area is 119 Å². The van der Waals surface area contributed by atoms with Crippen molar-refractivity contribution in [3.63, 3.8) is 0 Å². The van der Waals surface area contributed by atoms with Gasteiger partial charge in [0.05, 0.1) is 11.2 Å². The molecular weight excluding hydrogens is 232 g/mol. The normalized spacial score (nSPS) is 27.1. The maximum absolute atomic E-state index is 6.81. The highest BCUT2D eigenvalue weighted by molar-refractivity contribution is 5.10. The first-order valence-electron chi connectivity index (χ1n) is 8.22. The van der Waals surface area contributed by atoms with E-state index in [2.05, 4.69) is 38.2 Å². The van der Waals surface area contributed by atoms with Crippen LogP contribution in [0.2, 0.25) is 0 Å². The number of hydrogen-bond donors (Lipinski definition) is 0. The third-order valence-corrected chi connectivity index (χ3v) is 4.75. The summed E-state index contributed by atoms with van der Waals surface area (Å²) in [6.07, 6.45) is 21.9. The van der Waals surface area contributed by atoms with Gasteiger partial charge in [-0.25, -0.2) is 0 Å². The van der Waals surface area contributed by atoms with Gasteiger partial charge in [0, 0.05) is 0 Å². The van der Waals surface area contributed by atoms with Crippen molar-refractivity contribution in [3.05, 3.63) is 24.3 Å². The Morgan fingerprint density at radius 1 is 0.632 bits per heavy atom. The lowest BCUT2D eigenvalue weighted by molar-refractivity contribution is -0.137. The Bertz CT molecular complexity index is 283. The van der Waals surface area contributed by atoms with Crippen LogP contribution in [0, 0.1) is 0 Å². The fourth-order valence-corrected chi connectivity index (χ4v) is 3.92. The zero-order chi connectivity index (χ0) is 13.6. The van der Waals surface area contributed by atoms with Crippen molar-refractivity contribution in [2.45, 2.75) is 89.3 Å². The number of ether oxygens (including phenoxy) is 1. The molecule has 2 aliphatic carbocycles. The van der Waals surface area contributed by atoms with E-state index in [1.165, 1.54) is 64.2 Å². The molecule has 0 atom stereocenters. The molecule has 0 amide bonds. The Hall–Kier alpha value is -0.560. The van der Waals surface area contributed by atoms with Gasteiger partial charge >= 0.3 is 0 Å². The van der Waals surface area contributed by atoms with Crippen molar-refractivity contribution in [1.82, 2.24) is 0 Å². The lowest BCUT2D eigenvalue weighted by Gasteiger charge is -2.45. The molecule has 0 heterocycles. The summed E-state index contributed by atoms with van der Waals surface area (Å²) in [5.41, 5.74) is 0.0354. The predicted molar refractivity (Wildman–Crippen MR) is 82.3 cm³/mol. The fourth-order valence-electron chi connectivity index (χ4n) is 3.92. The van der Waals surface area contributed by atoms with Crippen LogP contribution >= 0.6 is 0 Å². The first-order valence-corrected chi connectivity index (χ1v) is 8.22. The maximum atomic E-state index is 6.81. The topological polar surface area (TPSA) is 9.23 Å². The Kier molecular flexibility index (Phi) is 5.27. The minimum atomic E-state index is 0.0177. The Balaban J connectivity index is 2.17. The summed E-state index contributed by atoms with van der Waals surface area (Å²) in [6.45, 7) is 4.26. The molecule has 2 rings (SSSR count). The van der Waals surface area contributed by atoms with Crippen LogP contribution in [0.1, 0.15) is 78.1 Å². The molecule has 0 aromatic carbocycles. The highest BCUT2D eigenvalue weighted by Crippen LogP contribution is 2.42. The summed E-state index contributed by atoms with van der Waals surface area (Å²) in [7, 11) is 0. The molecule has 0 N–H and O–H groups in total. The average molecular weight is 262 g/mol. The van der Waals surface area contributed by atoms with Gasteiger partial charge < -0.3 is 4.74 Å². The molecule has 0 unspecified atom stereocenters. The summed E-state index contributed by atoms with van der Waals surface area (Å²) < 4.78 is 6.81. The molecule has 0 radical (unpaired) electrons. The second-order valence-electron chi connectivity index (χ2n) is 6.35. The third kappa shape index (κ3) is 3.72. The molecule has 1 heteroatoms. The number of rotatable bonds is 4. The van der Waals surface area contributed by atoms with Gasteiger partial charge in [-0.15, -0.1) is 0 Å². The second kappa shape index (κ2) is 6.74. The monoisotopic (exact) mass is 262 g/mol. The van der Waals surface area contributed by atoms with Crippen molar-refractivity contribution in [2.24, 2.45) is 0 Å². The van der Waals surface area contributed by atoms with E-state index in [-0.39, 0.29) is 11.2 Å². The van der Waals surface area contributed by atoms with Gasteiger partial charge in [0.1, 0.15) is 0 Å². The summed E-state index contributed by atoms with van der Waals surface area (Å²) in [5.74, 6) is 0. The van der Waals surface area contributed by atoms with Crippen molar-refractivity contribution >= 4 is 0 Å². The van der Waals surface area contributed by atoms with Gasteiger partial charge in [0.25, 0.3) is 0 Å². The first kappa shape index (κ1) is 14.8. The van der Waals surface area contributed by atoms with Crippen LogP contribution in [0.3, 0.4) is 0 Å². The zero-order valence-electron chi connectivity index (χ0n) is 12.8. The summed E-state index contributed by atoms with van der Waals surface area (Å²) >= 11 is 0. The van der Waals surface area contributed by atoms with Crippen LogP contribution in [0.25, 0.3) is 0 Å². The molecule has 0 saturated heterocycles. The Morgan fingerprint density at radius 2 is 1.00 bits per heavy atom. The molecule has 0 spiro atoms. The van der Waals surface area contributed by atoms with Gasteiger partial charge in [-0.1, -0.05) is 62.8 Å². The molecule has 0 aromatic heterocycles. The summed E-state index contributed by atoms with van der Waals surface area (Å²) in [6, 6.07) is 0. The van der Waals surface area contributed by atoms with Gasteiger partial charge in [-0.05, 0) is 39.5 Å². The van der Waals surface area contributed by atoms with Crippen LogP contribution in [-0.4, -0.2) is 11.2 Å². The number of allylic oxidation sites excluding steroid dienone is 2. The van der Waals surface area contributed by atoms with Gasteiger partial charge in [0.2, 0.25) is 0 Å². The fraction of sp³-hybridized carbons (Fsp3) is 0.778. The molecule has 108 valence electrons. The van der Waals surface area contributed by atoms with Crippen molar-refractivity contribution in [2.75, 3.05) is 0 Å². The molecule has 2 aliphatic rings. The largest absolute Gasteiger partial charge is 0.360 e. The highest BCUT2D eigenvalue weighted by Gasteiger charge is 2.40. The Morgan fingerprint density at radius 3 is 1.32 bits per heavy atom. The van der Waals surface area contributed by atoms with Crippen LogP contribution in [0.15, 0.2) is 24.3 Å². The lowest BCUT2D eigenvalue weighted by Crippen LogP contribution is -2.45. The van der Waals surface area contributed by atoms with E-state index in [9.17, 15) is 0 Å². The average Bonchev–Trinajstić information content (AvgIpc) is 2.41. The first-order chi connectivity index (χ1) is 9.24. The van der Waals surface area contributed by atoms with Crippen molar-refractivity contribution in [3.8, 4) is 0 Å². The minimum absolute atomic E-state index is 0.0177. The maximum Gasteiger partial charge on any atom is 0.0874 e. The lowest BCUT2D eigenvalue weighted by atomic mass is 9.80. The van der Waals surface area contributed by atoms with Crippen molar-refractivity contribution < 1.29 is 4.74 Å². The quantitative estimate of drug-likeness (QED) is 0.603. The van der Waals surface area contributed by atoms with Crippen LogP contribution in [0.5, 0.6) is 0 Å². The molecular formula is C18H30O. The molecule has 0 aromatic rings. The molecule has 0 aliphatic heterocycles. The van der Waals surface area contributed by atoms with E-state index >= 15 is 0 Å². The standard InChI is InChI=1S/C18H30O/c1-3-11-17(13-7-5-8-14-17)19-18(12-4-2)15-9-6-10-16-18/h3-4,11-12H,5-10,13-16H2,1-2H3. The highest BCUT2D eigenvalue weighted by atomic mass is 16.5. The molecule has 2 fully saturated rings. The van der Waals surface area contributed by atoms with Gasteiger partial charge in [-0.3, -0.25) is 0 Å². The molecule has 0 bridgehead atoms. The minimum Gasteiger partial charge on any atom is -0.360 e. The summed E-state index contributed by atoms with van der Waals surface area (Å²) in [5, 5.41) is 0. The van der Waals surface area contributed by atoms with E-state index in [1.807, 2.05) is 0 Å². The van der Waals surface area contributed by atoms with E-state index < -0.39 is 0 Å². The zero-order valence-corrected chi connectivity index (χ0v) is 12.8. The second-order valence-corrected chi connectivity index (χ2v) is 6.35. The summed E-state index contributed by atoms with van der Waals surface area (Å²) in [4.78, 5) is 0. The van der Waals surface area contributed by atoms with Gasteiger partial charge in [0.15, 0.2) is 0 Å². The van der Waals surface area contributed by atoms with Crippen molar-refractivity contribution in [1.29, 1.82) is 0 Å². The van der Waals surface area contributed by atoms with E-state index in [4.69, 9.17) is 4.74 Å². The third-order valence-electron chi connectivity index (χ3n) is 4.75. The predicted octanol–water partition coefficient (Wildman–Crippen LogP) is 5.56. The molecule has 19 heavy (non-hydrogen) atoms. The van der Waals surface area contributed by atoms with Crippen LogP contribution < -0.4 is 0 Å². The smallest absolute Gasteiger partial charge is 0.0874 e. The number of hydrogen-bond acceptors (Lipinski definition) is 1. The van der Waals surface area contributed by atoms with Crippen LogP contribution in [-0.2, 0) is 4.74 Å². The van der Waals surface area contributed by atoms with Crippen LogP contribution in [0.4, 0.5) is 0 Å².